The summed E-state index contributed by atoms with van der Waals surface area (Å²) in [5, 5.41) is 13.0. The molecule has 2 heterocycles. The van der Waals surface area contributed by atoms with Gasteiger partial charge in [-0.3, -0.25) is 4.79 Å². The van der Waals surface area contributed by atoms with Gasteiger partial charge in [0, 0.05) is 58.8 Å². The highest BCUT2D eigenvalue weighted by molar-refractivity contribution is 5.77. The largest absolute Gasteiger partial charge is 0.384 e. The number of nitrogens with one attached hydrogen (secondary N) is 1. The van der Waals surface area contributed by atoms with Gasteiger partial charge in [0.15, 0.2) is 0 Å². The maximum Gasteiger partial charge on any atom is 0.225 e. The lowest BCUT2D eigenvalue weighted by Crippen LogP contribution is -2.54. The minimum absolute atomic E-state index is 0.0683. The maximum atomic E-state index is 12.4. The van der Waals surface area contributed by atoms with E-state index < -0.39 is 0 Å². The van der Waals surface area contributed by atoms with Crippen LogP contribution in [-0.2, 0) is 9.53 Å². The van der Waals surface area contributed by atoms with Crippen LogP contribution in [0.4, 0.5) is 11.5 Å². The molecule has 30 heavy (non-hydrogen) atoms. The summed E-state index contributed by atoms with van der Waals surface area (Å²) in [4.78, 5) is 23.8. The molecule has 1 saturated heterocycles. The average Bonchev–Trinajstić information content (AvgIpc) is 3.60. The van der Waals surface area contributed by atoms with E-state index in [2.05, 4.69) is 35.2 Å². The van der Waals surface area contributed by atoms with E-state index in [1.807, 2.05) is 18.0 Å². The molecule has 1 aromatic heterocycles. The lowest BCUT2D eigenvalue weighted by Gasteiger charge is -2.41. The summed E-state index contributed by atoms with van der Waals surface area (Å²) >= 11 is 0. The minimum Gasteiger partial charge on any atom is -0.384 e. The molecule has 0 radical (unpaired) electrons. The summed E-state index contributed by atoms with van der Waals surface area (Å²) in [6.07, 6.45) is 2.72. The first-order valence-electron chi connectivity index (χ1n) is 10.8. The van der Waals surface area contributed by atoms with Crippen LogP contribution in [-0.4, -0.2) is 82.4 Å². The Morgan fingerprint density at radius 3 is 2.80 bits per heavy atom. The van der Waals surface area contributed by atoms with Crippen LogP contribution >= 0.6 is 0 Å². The predicted octanol–water partition coefficient (Wildman–Crippen LogP) is 1.56. The van der Waals surface area contributed by atoms with E-state index in [1.165, 1.54) is 0 Å². The third-order valence-corrected chi connectivity index (χ3v) is 5.97. The SMILES string of the molecule is CNCCN(C)c1cc(C#N)c(N2CCN(C(=O)CCOC)[C@H](C)C2)nc1C1CC1. The molecule has 1 aromatic rings. The van der Waals surface area contributed by atoms with Crippen LogP contribution in [0.25, 0.3) is 0 Å². The first-order chi connectivity index (χ1) is 14.5. The Bertz CT molecular complexity index is 789. The summed E-state index contributed by atoms with van der Waals surface area (Å²) in [6.45, 7) is 6.24. The number of pyridine rings is 1. The van der Waals surface area contributed by atoms with Gasteiger partial charge in [-0.25, -0.2) is 4.98 Å². The molecular weight excluding hydrogens is 380 g/mol. The third-order valence-electron chi connectivity index (χ3n) is 5.97. The molecule has 1 aliphatic carbocycles. The molecule has 0 bridgehead atoms. The zero-order valence-electron chi connectivity index (χ0n) is 18.6. The molecule has 8 heteroatoms. The van der Waals surface area contributed by atoms with Crippen molar-refractivity contribution in [1.82, 2.24) is 15.2 Å². The minimum atomic E-state index is 0.0683. The van der Waals surface area contributed by atoms with Crippen molar-refractivity contribution >= 4 is 17.4 Å². The number of ether oxygens (including phenoxy) is 1. The van der Waals surface area contributed by atoms with E-state index in [4.69, 9.17) is 9.72 Å². The molecule has 1 atom stereocenters. The van der Waals surface area contributed by atoms with Crippen LogP contribution in [0.3, 0.4) is 0 Å². The lowest BCUT2D eigenvalue weighted by atomic mass is 10.1. The van der Waals surface area contributed by atoms with Crippen molar-refractivity contribution in [3.8, 4) is 6.07 Å². The van der Waals surface area contributed by atoms with Gasteiger partial charge in [-0.15, -0.1) is 0 Å². The topological polar surface area (TPSA) is 84.7 Å². The van der Waals surface area contributed by atoms with Gasteiger partial charge in [0.1, 0.15) is 11.9 Å². The molecular formula is C22H34N6O2. The van der Waals surface area contributed by atoms with Gasteiger partial charge in [0.25, 0.3) is 0 Å². The second-order valence-corrected chi connectivity index (χ2v) is 8.30. The van der Waals surface area contributed by atoms with Crippen LogP contribution in [0.5, 0.6) is 0 Å². The average molecular weight is 415 g/mol. The quantitative estimate of drug-likeness (QED) is 0.656. The van der Waals surface area contributed by atoms with Crippen molar-refractivity contribution in [3.63, 3.8) is 0 Å². The number of carbonyl (C=O) groups excluding carboxylic acids is 1. The molecule has 8 nitrogen and oxygen atoms in total. The number of anilines is 2. The zero-order valence-corrected chi connectivity index (χ0v) is 18.6. The molecule has 3 rings (SSSR count). The van der Waals surface area contributed by atoms with E-state index in [9.17, 15) is 10.1 Å². The number of likely N-dealkylation sites (N-methyl/N-ethyl adjacent to an activating group) is 2. The van der Waals surface area contributed by atoms with E-state index in [0.717, 1.165) is 43.1 Å². The van der Waals surface area contributed by atoms with Crippen LogP contribution in [0.15, 0.2) is 6.07 Å². The Kier molecular flexibility index (Phi) is 7.51. The van der Waals surface area contributed by atoms with Crippen LogP contribution in [0.2, 0.25) is 0 Å². The van der Waals surface area contributed by atoms with Gasteiger partial charge in [0.2, 0.25) is 5.91 Å². The second-order valence-electron chi connectivity index (χ2n) is 8.30. The van der Waals surface area contributed by atoms with Crippen molar-refractivity contribution < 1.29 is 9.53 Å². The summed E-state index contributed by atoms with van der Waals surface area (Å²) in [5.41, 5.74) is 2.78. The molecule has 0 aromatic carbocycles. The summed E-state index contributed by atoms with van der Waals surface area (Å²) in [7, 11) is 5.62. The molecule has 2 fully saturated rings. The highest BCUT2D eigenvalue weighted by Crippen LogP contribution is 2.44. The molecule has 1 amide bonds. The second kappa shape index (κ2) is 10.1. The Balaban J connectivity index is 1.81. The van der Waals surface area contributed by atoms with Crippen molar-refractivity contribution in [1.29, 1.82) is 5.26 Å². The van der Waals surface area contributed by atoms with E-state index >= 15 is 0 Å². The summed E-state index contributed by atoms with van der Waals surface area (Å²) in [5.74, 6) is 1.37. The number of amides is 1. The van der Waals surface area contributed by atoms with Crippen LogP contribution in [0.1, 0.15) is 43.4 Å². The molecule has 0 spiro atoms. The third kappa shape index (κ3) is 5.02. The number of methoxy groups -OCH3 is 1. The van der Waals surface area contributed by atoms with Crippen molar-refractivity contribution in [2.75, 3.05) is 70.3 Å². The normalized spacial score (nSPS) is 19.0. The maximum absolute atomic E-state index is 12.4. The van der Waals surface area contributed by atoms with Crippen molar-refractivity contribution in [2.45, 2.75) is 38.1 Å². The van der Waals surface area contributed by atoms with Crippen molar-refractivity contribution in [2.24, 2.45) is 0 Å². The van der Waals surface area contributed by atoms with E-state index in [0.29, 0.717) is 44.1 Å². The van der Waals surface area contributed by atoms with Gasteiger partial charge in [-0.05, 0) is 32.9 Å². The van der Waals surface area contributed by atoms with Crippen LogP contribution in [0, 0.1) is 11.3 Å². The van der Waals surface area contributed by atoms with Gasteiger partial charge in [-0.2, -0.15) is 5.26 Å². The number of carbonyl (C=O) groups is 1. The number of aromatic nitrogens is 1. The molecule has 1 aliphatic heterocycles. The first kappa shape index (κ1) is 22.3. The fourth-order valence-electron chi connectivity index (χ4n) is 4.05. The number of rotatable bonds is 9. The number of nitrogens with zero attached hydrogens (tertiary/aromatic N) is 5. The fraction of sp³-hybridized carbons (Fsp3) is 0.682. The van der Waals surface area contributed by atoms with Gasteiger partial charge in [-0.1, -0.05) is 0 Å². The number of nitriles is 1. The molecule has 0 unspecified atom stereocenters. The summed E-state index contributed by atoms with van der Waals surface area (Å²) in [6, 6.07) is 4.44. The summed E-state index contributed by atoms with van der Waals surface area (Å²) < 4.78 is 5.04. The van der Waals surface area contributed by atoms with E-state index in [1.54, 1.807) is 7.11 Å². The first-order valence-corrected chi connectivity index (χ1v) is 10.8. The van der Waals surface area contributed by atoms with E-state index in [-0.39, 0.29) is 11.9 Å². The van der Waals surface area contributed by atoms with Gasteiger partial charge >= 0.3 is 0 Å². The Morgan fingerprint density at radius 2 is 2.20 bits per heavy atom. The molecule has 164 valence electrons. The molecule has 2 aliphatic rings. The zero-order chi connectivity index (χ0) is 21.7. The van der Waals surface area contributed by atoms with Crippen molar-refractivity contribution in [3.05, 3.63) is 17.3 Å². The predicted molar refractivity (Wildman–Crippen MR) is 118 cm³/mol. The lowest BCUT2D eigenvalue weighted by molar-refractivity contribution is -0.134. The van der Waals surface area contributed by atoms with Gasteiger partial charge < -0.3 is 24.8 Å². The Morgan fingerprint density at radius 1 is 1.43 bits per heavy atom. The highest BCUT2D eigenvalue weighted by atomic mass is 16.5. The number of hydrogen-bond acceptors (Lipinski definition) is 7. The standard InChI is InChI=1S/C22H34N6O2/c1-16-15-27(10-11-28(16)20(29)7-12-30-4)22-18(14-23)13-19(26(3)9-8-24-2)21(25-22)17-5-6-17/h13,16-17,24H,5-12,15H2,1-4H3/t16-/m1/s1. The Labute approximate surface area is 179 Å². The molecule has 1 N–H and O–H groups in total. The monoisotopic (exact) mass is 414 g/mol. The molecule has 1 saturated carbocycles. The number of hydrogen-bond donors (Lipinski definition) is 1. The van der Waals surface area contributed by atoms with Gasteiger partial charge in [0.05, 0.1) is 30.0 Å². The number of piperazine rings is 1. The fourth-order valence-corrected chi connectivity index (χ4v) is 4.05. The highest BCUT2D eigenvalue weighted by Gasteiger charge is 2.33. The van der Waals surface area contributed by atoms with Crippen LogP contribution < -0.4 is 15.1 Å². The smallest absolute Gasteiger partial charge is 0.225 e. The Hall–Kier alpha value is -2.37.